The van der Waals surface area contributed by atoms with Gasteiger partial charge in [-0.05, 0) is 72.1 Å². The quantitative estimate of drug-likeness (QED) is 0.345. The van der Waals surface area contributed by atoms with Crippen molar-refractivity contribution in [3.63, 3.8) is 0 Å². The maximum Gasteiger partial charge on any atom is 0.191 e. The van der Waals surface area contributed by atoms with Gasteiger partial charge in [0.1, 0.15) is 0 Å². The van der Waals surface area contributed by atoms with Crippen LogP contribution in [0.3, 0.4) is 0 Å². The van der Waals surface area contributed by atoms with Crippen LogP contribution in [-0.2, 0) is 0 Å². The number of guanidine groups is 1. The molecule has 0 saturated carbocycles. The lowest BCUT2D eigenvalue weighted by Gasteiger charge is -2.40. The van der Waals surface area contributed by atoms with E-state index in [1.54, 1.807) is 0 Å². The topological polar surface area (TPSA) is 42.9 Å². The lowest BCUT2D eigenvalue weighted by Crippen LogP contribution is -2.49. The number of likely N-dealkylation sites (tertiary alicyclic amines) is 2. The lowest BCUT2D eigenvalue weighted by atomic mass is 9.99. The zero-order valence-electron chi connectivity index (χ0n) is 16.8. The maximum absolute atomic E-state index is 4.90. The summed E-state index contributed by atoms with van der Waals surface area (Å²) in [4.78, 5) is 10.0. The van der Waals surface area contributed by atoms with Gasteiger partial charge in [-0.25, -0.2) is 0 Å². The monoisotopic (exact) mass is 465 g/mol. The van der Waals surface area contributed by atoms with Gasteiger partial charge in [-0.1, -0.05) is 13.3 Å². The Hall–Kier alpha value is -0.0800. The minimum Gasteiger partial charge on any atom is -0.357 e. The van der Waals surface area contributed by atoms with Gasteiger partial charge in [0.05, 0.1) is 6.54 Å². The van der Waals surface area contributed by atoms with Gasteiger partial charge in [0.15, 0.2) is 5.96 Å². The van der Waals surface area contributed by atoms with Gasteiger partial charge in [0, 0.05) is 25.2 Å². The molecule has 2 heterocycles. The number of hydrogen-bond donors (Lipinski definition) is 2. The van der Waals surface area contributed by atoms with Crippen LogP contribution in [0, 0.1) is 5.92 Å². The van der Waals surface area contributed by atoms with E-state index in [1.807, 2.05) is 0 Å². The Morgan fingerprint density at radius 1 is 1.08 bits per heavy atom. The molecule has 2 fully saturated rings. The normalized spacial score (nSPS) is 23.4. The molecule has 2 rings (SSSR count). The molecule has 1 atom stereocenters. The molecule has 2 aliphatic heterocycles. The third-order valence-electron chi connectivity index (χ3n) is 5.56. The molecule has 0 aromatic rings. The van der Waals surface area contributed by atoms with Gasteiger partial charge in [-0.15, -0.1) is 24.0 Å². The van der Waals surface area contributed by atoms with Crippen LogP contribution in [0.1, 0.15) is 53.4 Å². The summed E-state index contributed by atoms with van der Waals surface area (Å²) in [5, 5.41) is 6.99. The van der Waals surface area contributed by atoms with E-state index in [0.29, 0.717) is 0 Å². The van der Waals surface area contributed by atoms with Crippen molar-refractivity contribution in [1.82, 2.24) is 20.4 Å². The van der Waals surface area contributed by atoms with Crippen LogP contribution in [0.25, 0.3) is 0 Å². The molecule has 25 heavy (non-hydrogen) atoms. The lowest BCUT2D eigenvalue weighted by molar-refractivity contribution is 0.102. The molecule has 0 aromatic carbocycles. The number of aliphatic imine (C=N–C) groups is 1. The summed E-state index contributed by atoms with van der Waals surface area (Å²) in [7, 11) is 0. The van der Waals surface area contributed by atoms with Crippen molar-refractivity contribution in [3.8, 4) is 0 Å². The Bertz CT molecular complexity index is 393. The fourth-order valence-corrected chi connectivity index (χ4v) is 3.82. The molecule has 5 nitrogen and oxygen atoms in total. The average Bonchev–Trinajstić information content (AvgIpc) is 3.06. The molecule has 0 aromatic heterocycles. The van der Waals surface area contributed by atoms with Crippen LogP contribution >= 0.6 is 24.0 Å². The molecule has 2 aliphatic rings. The van der Waals surface area contributed by atoms with Crippen LogP contribution < -0.4 is 10.6 Å². The van der Waals surface area contributed by atoms with Crippen LogP contribution in [0.2, 0.25) is 0 Å². The van der Waals surface area contributed by atoms with Crippen molar-refractivity contribution in [2.24, 2.45) is 10.9 Å². The summed E-state index contributed by atoms with van der Waals surface area (Å²) < 4.78 is 0. The zero-order valence-corrected chi connectivity index (χ0v) is 19.1. The average molecular weight is 465 g/mol. The van der Waals surface area contributed by atoms with Gasteiger partial charge >= 0.3 is 0 Å². The number of nitrogens with one attached hydrogen (secondary N) is 2. The van der Waals surface area contributed by atoms with Gasteiger partial charge < -0.3 is 15.5 Å². The SMILES string of the molecule is CCNC(=NCC(C)(C)N1CCCCC1)NCC1CCN(CC)C1.I. The highest BCUT2D eigenvalue weighted by Crippen LogP contribution is 2.20. The molecular formula is C19H40IN5. The van der Waals surface area contributed by atoms with Crippen LogP contribution in [0.15, 0.2) is 4.99 Å². The standard InChI is InChI=1S/C19H39N5.HI/c1-5-20-18(21-14-17-10-13-23(6-2)15-17)22-16-19(3,4)24-11-8-7-9-12-24;/h17H,5-16H2,1-4H3,(H2,20,21,22);1H. The van der Waals surface area contributed by atoms with E-state index in [2.05, 4.69) is 48.1 Å². The molecule has 2 N–H and O–H groups in total. The first-order valence-electron chi connectivity index (χ1n) is 10.0. The number of rotatable bonds is 7. The Balaban J connectivity index is 0.00000312. The van der Waals surface area contributed by atoms with Crippen molar-refractivity contribution in [3.05, 3.63) is 0 Å². The molecule has 6 heteroatoms. The Morgan fingerprint density at radius 2 is 1.80 bits per heavy atom. The smallest absolute Gasteiger partial charge is 0.191 e. The maximum atomic E-state index is 4.90. The highest BCUT2D eigenvalue weighted by atomic mass is 127. The molecule has 2 saturated heterocycles. The summed E-state index contributed by atoms with van der Waals surface area (Å²) >= 11 is 0. The summed E-state index contributed by atoms with van der Waals surface area (Å²) in [5.41, 5.74) is 0.148. The second kappa shape index (κ2) is 11.6. The second-order valence-corrected chi connectivity index (χ2v) is 7.98. The minimum atomic E-state index is 0. The fraction of sp³-hybridized carbons (Fsp3) is 0.947. The van der Waals surface area contributed by atoms with Gasteiger partial charge in [0.2, 0.25) is 0 Å². The zero-order chi connectivity index (χ0) is 17.4. The number of hydrogen-bond acceptors (Lipinski definition) is 3. The minimum absolute atomic E-state index is 0. The summed E-state index contributed by atoms with van der Waals surface area (Å²) in [5.74, 6) is 1.74. The third-order valence-corrected chi connectivity index (χ3v) is 5.56. The highest BCUT2D eigenvalue weighted by molar-refractivity contribution is 14.0. The van der Waals surface area contributed by atoms with E-state index in [9.17, 15) is 0 Å². The van der Waals surface area contributed by atoms with Crippen LogP contribution in [-0.4, -0.2) is 73.7 Å². The largest absolute Gasteiger partial charge is 0.357 e. The Labute approximate surface area is 172 Å². The summed E-state index contributed by atoms with van der Waals surface area (Å²) in [6.45, 7) is 18.0. The van der Waals surface area contributed by atoms with Crippen molar-refractivity contribution in [1.29, 1.82) is 0 Å². The number of nitrogens with zero attached hydrogens (tertiary/aromatic N) is 3. The van der Waals surface area contributed by atoms with Crippen LogP contribution in [0.4, 0.5) is 0 Å². The van der Waals surface area contributed by atoms with Crippen LogP contribution in [0.5, 0.6) is 0 Å². The van der Waals surface area contributed by atoms with Crippen molar-refractivity contribution in [2.75, 3.05) is 52.4 Å². The second-order valence-electron chi connectivity index (χ2n) is 7.98. The molecule has 0 radical (unpaired) electrons. The van der Waals surface area contributed by atoms with Gasteiger partial charge in [0.25, 0.3) is 0 Å². The molecule has 1 unspecified atom stereocenters. The van der Waals surface area contributed by atoms with E-state index in [4.69, 9.17) is 4.99 Å². The fourth-order valence-electron chi connectivity index (χ4n) is 3.82. The summed E-state index contributed by atoms with van der Waals surface area (Å²) in [6, 6.07) is 0. The number of piperidine rings is 1. The molecule has 0 aliphatic carbocycles. The van der Waals surface area contributed by atoms with E-state index >= 15 is 0 Å². The Kier molecular flexibility index (Phi) is 10.6. The highest BCUT2D eigenvalue weighted by Gasteiger charge is 2.28. The molecule has 0 bridgehead atoms. The first-order chi connectivity index (χ1) is 11.5. The van der Waals surface area contributed by atoms with Crippen molar-refractivity contribution >= 4 is 29.9 Å². The predicted octanol–water partition coefficient (Wildman–Crippen LogP) is 2.77. The van der Waals surface area contributed by atoms with Crippen molar-refractivity contribution in [2.45, 2.75) is 58.9 Å². The van der Waals surface area contributed by atoms with E-state index in [0.717, 1.165) is 31.5 Å². The van der Waals surface area contributed by atoms with Gasteiger partial charge in [-0.3, -0.25) is 9.89 Å². The van der Waals surface area contributed by atoms with E-state index in [-0.39, 0.29) is 29.5 Å². The molecule has 0 spiro atoms. The third kappa shape index (κ3) is 7.59. The Morgan fingerprint density at radius 3 is 2.40 bits per heavy atom. The van der Waals surface area contributed by atoms with Crippen molar-refractivity contribution < 1.29 is 0 Å². The van der Waals surface area contributed by atoms with E-state index < -0.39 is 0 Å². The van der Waals surface area contributed by atoms with E-state index in [1.165, 1.54) is 58.4 Å². The van der Waals surface area contributed by atoms with Gasteiger partial charge in [-0.2, -0.15) is 0 Å². The molecule has 0 amide bonds. The molecule has 148 valence electrons. The first kappa shape index (κ1) is 23.0. The molecular weight excluding hydrogens is 425 g/mol. The first-order valence-corrected chi connectivity index (χ1v) is 10.0. The number of halogens is 1. The predicted molar refractivity (Wildman–Crippen MR) is 119 cm³/mol. The summed E-state index contributed by atoms with van der Waals surface area (Å²) in [6.07, 6.45) is 5.36.